The van der Waals surface area contributed by atoms with E-state index in [-0.39, 0.29) is 28.9 Å². The van der Waals surface area contributed by atoms with Crippen LogP contribution in [0.5, 0.6) is 0 Å². The number of thioether (sulfide) groups is 1. The number of benzene rings is 1. The van der Waals surface area contributed by atoms with Crippen LogP contribution in [0.3, 0.4) is 0 Å². The maximum absolute atomic E-state index is 13.2. The summed E-state index contributed by atoms with van der Waals surface area (Å²) < 4.78 is 7.47. The largest absolute Gasteiger partial charge is 0.376 e. The molecule has 0 radical (unpaired) electrons. The molecule has 2 aromatic rings. The molecule has 2 atom stereocenters. The minimum atomic E-state index is -0.322. The zero-order valence-electron chi connectivity index (χ0n) is 17.6. The highest BCUT2D eigenvalue weighted by Gasteiger charge is 2.24. The number of rotatable bonds is 6. The smallest absolute Gasteiger partial charge is 0.262 e. The molecule has 6 nitrogen and oxygen atoms in total. The zero-order valence-corrected chi connectivity index (χ0v) is 18.5. The number of carbonyl (C=O) groups excluding carboxylic acids is 1. The molecule has 1 aliphatic carbocycles. The van der Waals surface area contributed by atoms with Gasteiger partial charge in [0.25, 0.3) is 5.56 Å². The maximum atomic E-state index is 13.2. The van der Waals surface area contributed by atoms with Crippen molar-refractivity contribution in [2.45, 2.75) is 87.4 Å². The van der Waals surface area contributed by atoms with Gasteiger partial charge in [0, 0.05) is 12.6 Å². The molecule has 1 aliphatic heterocycles. The van der Waals surface area contributed by atoms with Crippen LogP contribution in [0.1, 0.15) is 58.3 Å². The number of nitrogens with one attached hydrogen (secondary N) is 1. The van der Waals surface area contributed by atoms with Crippen LogP contribution in [-0.4, -0.2) is 39.5 Å². The lowest BCUT2D eigenvalue weighted by atomic mass is 10.1. The molecule has 2 aliphatic rings. The second-order valence-corrected chi connectivity index (χ2v) is 9.73. The second-order valence-electron chi connectivity index (χ2n) is 8.42. The van der Waals surface area contributed by atoms with E-state index in [4.69, 9.17) is 9.72 Å². The molecule has 1 saturated heterocycles. The summed E-state index contributed by atoms with van der Waals surface area (Å²) in [7, 11) is 0. The van der Waals surface area contributed by atoms with Crippen molar-refractivity contribution in [1.29, 1.82) is 0 Å². The first-order valence-electron chi connectivity index (χ1n) is 11.2. The average molecular weight is 430 g/mol. The van der Waals surface area contributed by atoms with Gasteiger partial charge in [-0.15, -0.1) is 0 Å². The Bertz CT molecular complexity index is 931. The fraction of sp³-hybridized carbons (Fsp3) is 0.609. The summed E-state index contributed by atoms with van der Waals surface area (Å²) in [4.78, 5) is 30.8. The lowest BCUT2D eigenvalue weighted by molar-refractivity contribution is -0.121. The molecule has 2 heterocycles. The molecular weight excluding hydrogens is 398 g/mol. The summed E-state index contributed by atoms with van der Waals surface area (Å²) in [5, 5.41) is 4.10. The minimum absolute atomic E-state index is 0.0259. The zero-order chi connectivity index (χ0) is 20.9. The van der Waals surface area contributed by atoms with Gasteiger partial charge in [0.1, 0.15) is 0 Å². The van der Waals surface area contributed by atoms with E-state index in [1.807, 2.05) is 31.2 Å². The maximum Gasteiger partial charge on any atom is 0.262 e. The standard InChI is InChI=1S/C23H31N3O3S/c1-16(21(27)24-17-9-4-2-3-5-10-17)30-23-25-20-13-7-6-12-19(20)22(28)26(23)15-18-11-8-14-29-18/h6-7,12-13,16-18H,2-5,8-11,14-15H2,1H3,(H,24,27)/t16-,18+/m1/s1. The van der Waals surface area contributed by atoms with Crippen molar-refractivity contribution in [3.8, 4) is 0 Å². The van der Waals surface area contributed by atoms with Gasteiger partial charge in [-0.2, -0.15) is 0 Å². The van der Waals surface area contributed by atoms with Crippen molar-refractivity contribution in [2.24, 2.45) is 0 Å². The molecule has 30 heavy (non-hydrogen) atoms. The number of amides is 1. The van der Waals surface area contributed by atoms with E-state index in [1.165, 1.54) is 37.4 Å². The molecule has 1 N–H and O–H groups in total. The van der Waals surface area contributed by atoms with Crippen molar-refractivity contribution < 1.29 is 9.53 Å². The Labute approximate surface area is 181 Å². The molecule has 0 unspecified atom stereocenters. The topological polar surface area (TPSA) is 73.2 Å². The number of ether oxygens (including phenoxy) is 1. The first-order valence-corrected chi connectivity index (χ1v) is 12.1. The van der Waals surface area contributed by atoms with Gasteiger partial charge in [-0.25, -0.2) is 4.98 Å². The number of aromatic nitrogens is 2. The first kappa shape index (κ1) is 21.4. The minimum Gasteiger partial charge on any atom is -0.376 e. The molecule has 7 heteroatoms. The van der Waals surface area contributed by atoms with Crippen LogP contribution in [-0.2, 0) is 16.1 Å². The quantitative estimate of drug-likeness (QED) is 0.428. The monoisotopic (exact) mass is 429 g/mol. The molecule has 0 spiro atoms. The van der Waals surface area contributed by atoms with E-state index in [2.05, 4.69) is 5.32 Å². The first-order chi connectivity index (χ1) is 14.6. The predicted molar refractivity (Wildman–Crippen MR) is 120 cm³/mol. The van der Waals surface area contributed by atoms with Crippen LogP contribution < -0.4 is 10.9 Å². The lowest BCUT2D eigenvalue weighted by Crippen LogP contribution is -2.39. The molecule has 1 aromatic heterocycles. The van der Waals surface area contributed by atoms with Crippen molar-refractivity contribution in [2.75, 3.05) is 6.61 Å². The van der Waals surface area contributed by atoms with Crippen LogP contribution in [0.2, 0.25) is 0 Å². The average Bonchev–Trinajstić information content (AvgIpc) is 3.13. The summed E-state index contributed by atoms with van der Waals surface area (Å²) >= 11 is 1.37. The third kappa shape index (κ3) is 5.06. The van der Waals surface area contributed by atoms with Crippen molar-refractivity contribution in [3.05, 3.63) is 34.6 Å². The van der Waals surface area contributed by atoms with Crippen LogP contribution in [0.4, 0.5) is 0 Å². The van der Waals surface area contributed by atoms with Crippen LogP contribution in [0.15, 0.2) is 34.2 Å². The van der Waals surface area contributed by atoms with Crippen molar-refractivity contribution >= 4 is 28.6 Å². The summed E-state index contributed by atoms with van der Waals surface area (Å²) in [5.41, 5.74) is 0.611. The molecule has 162 valence electrons. The second kappa shape index (κ2) is 9.96. The summed E-state index contributed by atoms with van der Waals surface area (Å²) in [5.74, 6) is 0.0259. The number of para-hydroxylation sites is 1. The van der Waals surface area contributed by atoms with E-state index >= 15 is 0 Å². The number of hydrogen-bond acceptors (Lipinski definition) is 5. The lowest BCUT2D eigenvalue weighted by Gasteiger charge is -2.21. The van der Waals surface area contributed by atoms with E-state index in [0.717, 1.165) is 32.3 Å². The van der Waals surface area contributed by atoms with E-state index in [9.17, 15) is 9.59 Å². The third-order valence-corrected chi connectivity index (χ3v) is 7.18. The van der Waals surface area contributed by atoms with E-state index in [0.29, 0.717) is 22.6 Å². The number of nitrogens with zero attached hydrogens (tertiary/aromatic N) is 2. The number of carbonyl (C=O) groups is 1. The summed E-state index contributed by atoms with van der Waals surface area (Å²) in [6, 6.07) is 7.68. The van der Waals surface area contributed by atoms with E-state index < -0.39 is 0 Å². The molecule has 1 aromatic carbocycles. The van der Waals surface area contributed by atoms with Gasteiger partial charge in [0.15, 0.2) is 5.16 Å². The summed E-state index contributed by atoms with van der Waals surface area (Å²) in [6.07, 6.45) is 8.98. The molecule has 1 amide bonds. The summed E-state index contributed by atoms with van der Waals surface area (Å²) in [6.45, 7) is 3.12. The Morgan fingerprint density at radius 1 is 1.20 bits per heavy atom. The molecule has 2 fully saturated rings. The molecular formula is C23H31N3O3S. The van der Waals surface area contributed by atoms with E-state index in [1.54, 1.807) is 4.57 Å². The normalized spacial score (nSPS) is 21.4. The fourth-order valence-corrected chi connectivity index (χ4v) is 5.27. The number of fused-ring (bicyclic) bond motifs is 1. The Hall–Kier alpha value is -1.86. The highest BCUT2D eigenvalue weighted by molar-refractivity contribution is 8.00. The fourth-order valence-electron chi connectivity index (χ4n) is 4.34. The Morgan fingerprint density at radius 3 is 2.70 bits per heavy atom. The highest BCUT2D eigenvalue weighted by Crippen LogP contribution is 2.25. The van der Waals surface area contributed by atoms with Gasteiger partial charge in [-0.3, -0.25) is 14.2 Å². The van der Waals surface area contributed by atoms with Gasteiger partial charge in [0.2, 0.25) is 5.91 Å². The van der Waals surface area contributed by atoms with Crippen molar-refractivity contribution in [1.82, 2.24) is 14.9 Å². The molecule has 4 rings (SSSR count). The molecule has 1 saturated carbocycles. The third-order valence-electron chi connectivity index (χ3n) is 6.09. The predicted octanol–water partition coefficient (Wildman–Crippen LogP) is 3.90. The molecule has 0 bridgehead atoms. The van der Waals surface area contributed by atoms with Crippen LogP contribution in [0, 0.1) is 0 Å². The van der Waals surface area contributed by atoms with Gasteiger partial charge in [-0.1, -0.05) is 49.6 Å². The van der Waals surface area contributed by atoms with Gasteiger partial charge in [-0.05, 0) is 44.7 Å². The van der Waals surface area contributed by atoms with Gasteiger partial charge < -0.3 is 10.1 Å². The number of hydrogen-bond donors (Lipinski definition) is 1. The van der Waals surface area contributed by atoms with Gasteiger partial charge >= 0.3 is 0 Å². The van der Waals surface area contributed by atoms with Crippen LogP contribution in [0.25, 0.3) is 10.9 Å². The Morgan fingerprint density at radius 2 is 1.97 bits per heavy atom. The Balaban J connectivity index is 1.55. The Kier molecular flexibility index (Phi) is 7.10. The van der Waals surface area contributed by atoms with Crippen molar-refractivity contribution in [3.63, 3.8) is 0 Å². The SMILES string of the molecule is C[C@@H](Sc1nc2ccccc2c(=O)n1C[C@@H]1CCCO1)C(=O)NC1CCCCCC1. The van der Waals surface area contributed by atoms with Gasteiger partial charge in [0.05, 0.1) is 28.8 Å². The van der Waals surface area contributed by atoms with Crippen LogP contribution >= 0.6 is 11.8 Å². The highest BCUT2D eigenvalue weighted by atomic mass is 32.2.